The SMILES string of the molecule is Cc1cccc(Cn2c(C)c(N3CCOCC3)c(C)c2C(=O)N2CCC(n3c(=O)[nH]c4ccccc43)CC2)c1. The highest BCUT2D eigenvalue weighted by molar-refractivity contribution is 5.97. The molecule has 0 bridgehead atoms. The predicted molar refractivity (Wildman–Crippen MR) is 154 cm³/mol. The topological polar surface area (TPSA) is 75.5 Å². The Labute approximate surface area is 228 Å². The summed E-state index contributed by atoms with van der Waals surface area (Å²) in [4.78, 5) is 34.3. The third-order valence-electron chi connectivity index (χ3n) is 8.42. The van der Waals surface area contributed by atoms with E-state index in [1.807, 2.05) is 33.7 Å². The fourth-order valence-corrected chi connectivity index (χ4v) is 6.51. The van der Waals surface area contributed by atoms with Crippen LogP contribution in [-0.2, 0) is 11.3 Å². The van der Waals surface area contributed by atoms with Crippen molar-refractivity contribution in [3.05, 3.63) is 87.1 Å². The lowest BCUT2D eigenvalue weighted by Gasteiger charge is -2.33. The molecule has 2 aromatic heterocycles. The molecule has 39 heavy (non-hydrogen) atoms. The summed E-state index contributed by atoms with van der Waals surface area (Å²) in [6.45, 7) is 11.3. The summed E-state index contributed by atoms with van der Waals surface area (Å²) >= 11 is 0. The van der Waals surface area contributed by atoms with Gasteiger partial charge >= 0.3 is 5.69 Å². The van der Waals surface area contributed by atoms with Gasteiger partial charge in [0.25, 0.3) is 5.91 Å². The molecule has 1 amide bonds. The van der Waals surface area contributed by atoms with Gasteiger partial charge in [0, 0.05) is 50.0 Å². The molecule has 0 saturated carbocycles. The van der Waals surface area contributed by atoms with Gasteiger partial charge in [-0.15, -0.1) is 0 Å². The number of nitrogens with zero attached hydrogens (tertiary/aromatic N) is 4. The van der Waals surface area contributed by atoms with Crippen molar-refractivity contribution in [3.63, 3.8) is 0 Å². The summed E-state index contributed by atoms with van der Waals surface area (Å²) in [6.07, 6.45) is 1.50. The molecule has 2 aliphatic heterocycles. The number of fused-ring (bicyclic) bond motifs is 1. The van der Waals surface area contributed by atoms with Crippen molar-refractivity contribution >= 4 is 22.6 Å². The fourth-order valence-electron chi connectivity index (χ4n) is 6.51. The number of piperidine rings is 1. The number of aromatic nitrogens is 3. The van der Waals surface area contributed by atoms with E-state index in [0.29, 0.717) is 32.8 Å². The molecule has 0 unspecified atom stereocenters. The minimum Gasteiger partial charge on any atom is -0.378 e. The van der Waals surface area contributed by atoms with Crippen molar-refractivity contribution in [2.45, 2.75) is 46.2 Å². The number of hydrogen-bond acceptors (Lipinski definition) is 4. The average molecular weight is 528 g/mol. The van der Waals surface area contributed by atoms with Crippen LogP contribution in [0.5, 0.6) is 0 Å². The zero-order valence-electron chi connectivity index (χ0n) is 23.1. The van der Waals surface area contributed by atoms with E-state index in [9.17, 15) is 9.59 Å². The first-order valence-electron chi connectivity index (χ1n) is 14.0. The number of aromatic amines is 1. The van der Waals surface area contributed by atoms with E-state index in [2.05, 4.69) is 59.5 Å². The highest BCUT2D eigenvalue weighted by Crippen LogP contribution is 2.34. The van der Waals surface area contributed by atoms with Crippen LogP contribution in [0.3, 0.4) is 0 Å². The molecule has 0 atom stereocenters. The number of aryl methyl sites for hydroxylation is 1. The number of amides is 1. The molecule has 204 valence electrons. The van der Waals surface area contributed by atoms with Gasteiger partial charge in [-0.05, 0) is 51.3 Å². The van der Waals surface area contributed by atoms with Crippen molar-refractivity contribution in [2.75, 3.05) is 44.3 Å². The molecule has 2 fully saturated rings. The summed E-state index contributed by atoms with van der Waals surface area (Å²) < 4.78 is 9.71. The molecule has 8 nitrogen and oxygen atoms in total. The van der Waals surface area contributed by atoms with Gasteiger partial charge in [-0.3, -0.25) is 9.36 Å². The van der Waals surface area contributed by atoms with E-state index in [0.717, 1.165) is 59.6 Å². The monoisotopic (exact) mass is 527 g/mol. The smallest absolute Gasteiger partial charge is 0.326 e. The number of nitrogens with one attached hydrogen (secondary N) is 1. The Balaban J connectivity index is 1.30. The summed E-state index contributed by atoms with van der Waals surface area (Å²) in [5.41, 5.74) is 8.22. The van der Waals surface area contributed by atoms with Gasteiger partial charge in [0.15, 0.2) is 0 Å². The van der Waals surface area contributed by atoms with E-state index in [1.54, 1.807) is 0 Å². The van der Waals surface area contributed by atoms with Crippen LogP contribution in [0.2, 0.25) is 0 Å². The average Bonchev–Trinajstić information content (AvgIpc) is 3.40. The molecule has 0 spiro atoms. The molecule has 2 aromatic carbocycles. The van der Waals surface area contributed by atoms with Crippen LogP contribution in [0.25, 0.3) is 11.0 Å². The first-order valence-corrected chi connectivity index (χ1v) is 14.0. The van der Waals surface area contributed by atoms with Gasteiger partial charge in [-0.1, -0.05) is 42.0 Å². The summed E-state index contributed by atoms with van der Waals surface area (Å²) in [5, 5.41) is 0. The fraction of sp³-hybridized carbons (Fsp3) is 0.419. The van der Waals surface area contributed by atoms with Crippen LogP contribution in [0.4, 0.5) is 5.69 Å². The number of carbonyl (C=O) groups excluding carboxylic acids is 1. The van der Waals surface area contributed by atoms with Gasteiger partial charge in [0.1, 0.15) is 5.69 Å². The number of ether oxygens (including phenoxy) is 1. The number of para-hydroxylation sites is 2. The van der Waals surface area contributed by atoms with Crippen LogP contribution < -0.4 is 10.6 Å². The maximum Gasteiger partial charge on any atom is 0.326 e. The second kappa shape index (κ2) is 10.4. The van der Waals surface area contributed by atoms with Gasteiger partial charge in [0.05, 0.1) is 29.9 Å². The second-order valence-electron chi connectivity index (χ2n) is 10.9. The Bertz CT molecular complexity index is 1560. The summed E-state index contributed by atoms with van der Waals surface area (Å²) in [7, 11) is 0. The van der Waals surface area contributed by atoms with E-state index >= 15 is 0 Å². The number of rotatable bonds is 5. The van der Waals surface area contributed by atoms with Gasteiger partial charge in [-0.2, -0.15) is 0 Å². The highest BCUT2D eigenvalue weighted by atomic mass is 16.5. The van der Waals surface area contributed by atoms with E-state index in [1.165, 1.54) is 11.1 Å². The molecule has 2 aliphatic rings. The van der Waals surface area contributed by atoms with Crippen molar-refractivity contribution < 1.29 is 9.53 Å². The number of morpholine rings is 1. The first-order chi connectivity index (χ1) is 18.9. The Kier molecular flexibility index (Phi) is 6.81. The minimum atomic E-state index is -0.0744. The number of benzene rings is 2. The quantitative estimate of drug-likeness (QED) is 0.417. The number of H-pyrrole nitrogens is 1. The minimum absolute atomic E-state index is 0.0727. The zero-order chi connectivity index (χ0) is 27.1. The van der Waals surface area contributed by atoms with Crippen LogP contribution in [0.15, 0.2) is 53.3 Å². The standard InChI is InChI=1S/C31H37N5O3/c1-21-7-6-8-24(19-21)20-35-23(3)28(33-15-17-39-18-16-33)22(2)29(35)30(37)34-13-11-25(12-14-34)36-27-10-5-4-9-26(27)32-31(36)38/h4-10,19,25H,11-18,20H2,1-3H3,(H,32,38). The maximum atomic E-state index is 14.2. The van der Waals surface area contributed by atoms with Crippen LogP contribution in [-0.4, -0.2) is 64.3 Å². The normalized spacial score (nSPS) is 16.8. The predicted octanol–water partition coefficient (Wildman–Crippen LogP) is 4.42. The van der Waals surface area contributed by atoms with Crippen molar-refractivity contribution in [1.82, 2.24) is 19.0 Å². The molecule has 8 heteroatoms. The third-order valence-corrected chi connectivity index (χ3v) is 8.42. The van der Waals surface area contributed by atoms with Crippen LogP contribution in [0, 0.1) is 20.8 Å². The highest BCUT2D eigenvalue weighted by Gasteiger charge is 2.32. The molecule has 2 saturated heterocycles. The lowest BCUT2D eigenvalue weighted by Crippen LogP contribution is -2.41. The van der Waals surface area contributed by atoms with Gasteiger partial charge in [0.2, 0.25) is 0 Å². The molecular weight excluding hydrogens is 490 g/mol. The number of imidazole rings is 1. The largest absolute Gasteiger partial charge is 0.378 e. The van der Waals surface area contributed by atoms with Crippen molar-refractivity contribution in [2.24, 2.45) is 0 Å². The number of hydrogen-bond donors (Lipinski definition) is 1. The Morgan fingerprint density at radius 2 is 1.72 bits per heavy atom. The third kappa shape index (κ3) is 4.67. The second-order valence-corrected chi connectivity index (χ2v) is 10.9. The summed E-state index contributed by atoms with van der Waals surface area (Å²) in [5.74, 6) is 0.0764. The lowest BCUT2D eigenvalue weighted by molar-refractivity contribution is 0.0683. The van der Waals surface area contributed by atoms with Crippen LogP contribution >= 0.6 is 0 Å². The van der Waals surface area contributed by atoms with Gasteiger partial charge in [-0.25, -0.2) is 4.79 Å². The Morgan fingerprint density at radius 1 is 0.974 bits per heavy atom. The molecule has 4 heterocycles. The zero-order valence-corrected chi connectivity index (χ0v) is 23.1. The molecule has 1 N–H and O–H groups in total. The van der Waals surface area contributed by atoms with E-state index in [4.69, 9.17) is 4.74 Å². The molecule has 4 aromatic rings. The number of likely N-dealkylation sites (tertiary alicyclic amines) is 1. The lowest BCUT2D eigenvalue weighted by atomic mass is 10.0. The molecule has 0 radical (unpaired) electrons. The van der Waals surface area contributed by atoms with E-state index in [-0.39, 0.29) is 17.6 Å². The first kappa shape index (κ1) is 25.5. The van der Waals surface area contributed by atoms with Crippen molar-refractivity contribution in [3.8, 4) is 0 Å². The molecular formula is C31H37N5O3. The van der Waals surface area contributed by atoms with E-state index < -0.39 is 0 Å². The van der Waals surface area contributed by atoms with Crippen LogP contribution in [0.1, 0.15) is 51.8 Å². The summed E-state index contributed by atoms with van der Waals surface area (Å²) in [6, 6.07) is 16.4. The van der Waals surface area contributed by atoms with Gasteiger partial charge < -0.3 is 24.1 Å². The Hall–Kier alpha value is -3.78. The maximum absolute atomic E-state index is 14.2. The van der Waals surface area contributed by atoms with Crippen molar-refractivity contribution in [1.29, 1.82) is 0 Å². The number of anilines is 1. The molecule has 6 rings (SSSR count). The Morgan fingerprint density at radius 3 is 2.46 bits per heavy atom. The number of carbonyl (C=O) groups is 1. The molecule has 0 aliphatic carbocycles.